The highest BCUT2D eigenvalue weighted by molar-refractivity contribution is 5.88. The molecule has 0 saturated heterocycles. The van der Waals surface area contributed by atoms with Gasteiger partial charge in [-0.1, -0.05) is 0 Å². The van der Waals surface area contributed by atoms with E-state index in [0.29, 0.717) is 5.56 Å². The van der Waals surface area contributed by atoms with E-state index in [-0.39, 0.29) is 12.3 Å². The van der Waals surface area contributed by atoms with Gasteiger partial charge in [0.05, 0.1) is 11.5 Å². The molecule has 0 unspecified atom stereocenters. The van der Waals surface area contributed by atoms with Gasteiger partial charge in [0, 0.05) is 6.07 Å². The molecule has 0 fully saturated rings. The number of hydrogen-bond acceptors (Lipinski definition) is 5. The summed E-state index contributed by atoms with van der Waals surface area (Å²) < 4.78 is 4.69. The molecular weight excluding hydrogens is 216 g/mol. The zero-order chi connectivity index (χ0) is 12.3. The first-order valence-electron chi connectivity index (χ1n) is 4.52. The number of hydrogen-bond donors (Lipinski definition) is 1. The minimum atomic E-state index is -0.918. The monoisotopic (exact) mass is 226 g/mol. The molecule has 0 aromatic carbocycles. The topological polar surface area (TPSA) is 102 Å². The molecule has 0 atom stereocenters. The van der Waals surface area contributed by atoms with Crippen molar-refractivity contribution in [2.24, 2.45) is 0 Å². The number of nitro groups is 1. The molecule has 1 aromatic heterocycles. The third-order valence-electron chi connectivity index (χ3n) is 1.89. The maximum atomic E-state index is 11.3. The number of aromatic nitrogens is 1. The number of carbonyl (C=O) groups excluding carboxylic acids is 1. The molecular formula is C9H10N2O5. The first kappa shape index (κ1) is 11.9. The van der Waals surface area contributed by atoms with E-state index in [1.807, 2.05) is 0 Å². The van der Waals surface area contributed by atoms with Crippen LogP contribution >= 0.6 is 0 Å². The standard InChI is InChI=1S/C9H10N2O5/c1-3-16-9(13)7-5(2)4-6(11(14)15)8(12)10-7/h4H,3H2,1-2H3,(H,10,12). The third-order valence-corrected chi connectivity index (χ3v) is 1.89. The number of pyridine rings is 1. The highest BCUT2D eigenvalue weighted by Gasteiger charge is 2.19. The van der Waals surface area contributed by atoms with Crippen molar-refractivity contribution in [2.45, 2.75) is 13.8 Å². The van der Waals surface area contributed by atoms with Crippen LogP contribution in [0.3, 0.4) is 0 Å². The van der Waals surface area contributed by atoms with Crippen molar-refractivity contribution in [1.29, 1.82) is 0 Å². The van der Waals surface area contributed by atoms with Crippen molar-refractivity contribution >= 4 is 11.7 Å². The number of ether oxygens (including phenoxy) is 1. The first-order valence-corrected chi connectivity index (χ1v) is 4.52. The van der Waals surface area contributed by atoms with Gasteiger partial charge in [0.1, 0.15) is 5.69 Å². The number of H-pyrrole nitrogens is 1. The second-order valence-electron chi connectivity index (χ2n) is 3.02. The lowest BCUT2D eigenvalue weighted by Gasteiger charge is -2.04. The zero-order valence-electron chi connectivity index (χ0n) is 8.77. The van der Waals surface area contributed by atoms with Gasteiger partial charge in [0.25, 0.3) is 0 Å². The van der Waals surface area contributed by atoms with Crippen LogP contribution in [0.25, 0.3) is 0 Å². The quantitative estimate of drug-likeness (QED) is 0.465. The Kier molecular flexibility index (Phi) is 3.39. The van der Waals surface area contributed by atoms with E-state index >= 15 is 0 Å². The van der Waals surface area contributed by atoms with E-state index in [4.69, 9.17) is 0 Å². The molecule has 0 bridgehead atoms. The summed E-state index contributed by atoms with van der Waals surface area (Å²) in [5.74, 6) is -0.702. The lowest BCUT2D eigenvalue weighted by molar-refractivity contribution is -0.386. The van der Waals surface area contributed by atoms with Crippen LogP contribution in [0.4, 0.5) is 5.69 Å². The maximum absolute atomic E-state index is 11.3. The summed E-state index contributed by atoms with van der Waals surface area (Å²) in [6, 6.07) is 1.05. The number of carbonyl (C=O) groups is 1. The lowest BCUT2D eigenvalue weighted by Crippen LogP contribution is -2.19. The maximum Gasteiger partial charge on any atom is 0.355 e. The van der Waals surface area contributed by atoms with Crippen molar-refractivity contribution < 1.29 is 14.5 Å². The lowest BCUT2D eigenvalue weighted by atomic mass is 10.2. The molecule has 0 radical (unpaired) electrons. The second kappa shape index (κ2) is 4.56. The van der Waals surface area contributed by atoms with E-state index in [0.717, 1.165) is 6.07 Å². The Bertz CT molecular complexity index is 491. The third kappa shape index (κ3) is 2.25. The second-order valence-corrected chi connectivity index (χ2v) is 3.02. The SMILES string of the molecule is CCOC(=O)c1[nH]c(=O)c([N+](=O)[O-])cc1C. The van der Waals surface area contributed by atoms with Crippen molar-refractivity contribution in [3.63, 3.8) is 0 Å². The molecule has 0 amide bonds. The van der Waals surface area contributed by atoms with E-state index in [1.165, 1.54) is 6.92 Å². The predicted octanol–water partition coefficient (Wildman–Crippen LogP) is 0.768. The van der Waals surface area contributed by atoms with Gasteiger partial charge in [0.15, 0.2) is 0 Å². The Hall–Kier alpha value is -2.18. The highest BCUT2D eigenvalue weighted by atomic mass is 16.6. The Morgan fingerprint density at radius 2 is 2.25 bits per heavy atom. The molecule has 0 aliphatic carbocycles. The molecule has 0 spiro atoms. The fraction of sp³-hybridized carbons (Fsp3) is 0.333. The smallest absolute Gasteiger partial charge is 0.355 e. The predicted molar refractivity (Wildman–Crippen MR) is 54.4 cm³/mol. The van der Waals surface area contributed by atoms with Crippen LogP contribution in [0, 0.1) is 17.0 Å². The molecule has 16 heavy (non-hydrogen) atoms. The highest BCUT2D eigenvalue weighted by Crippen LogP contribution is 2.10. The number of nitrogens with zero attached hydrogens (tertiary/aromatic N) is 1. The van der Waals surface area contributed by atoms with Crippen LogP contribution in [-0.2, 0) is 4.74 Å². The molecule has 0 aliphatic rings. The molecule has 1 rings (SSSR count). The molecule has 0 aliphatic heterocycles. The average molecular weight is 226 g/mol. The van der Waals surface area contributed by atoms with Crippen molar-refractivity contribution in [1.82, 2.24) is 4.98 Å². The molecule has 1 heterocycles. The van der Waals surface area contributed by atoms with Crippen LogP contribution in [-0.4, -0.2) is 22.5 Å². The van der Waals surface area contributed by atoms with Gasteiger partial charge < -0.3 is 9.72 Å². The molecule has 7 heteroatoms. The number of aromatic amines is 1. The fourth-order valence-electron chi connectivity index (χ4n) is 1.17. The summed E-state index contributed by atoms with van der Waals surface area (Å²) in [6.07, 6.45) is 0. The van der Waals surface area contributed by atoms with Crippen molar-refractivity contribution in [2.75, 3.05) is 6.61 Å². The normalized spacial score (nSPS) is 9.88. The molecule has 0 saturated carbocycles. The summed E-state index contributed by atoms with van der Waals surface area (Å²) in [5, 5.41) is 10.5. The Labute approximate surface area is 90.2 Å². The van der Waals surface area contributed by atoms with Crippen LogP contribution < -0.4 is 5.56 Å². The molecule has 1 aromatic rings. The van der Waals surface area contributed by atoms with E-state index in [9.17, 15) is 19.7 Å². The van der Waals surface area contributed by atoms with E-state index < -0.39 is 22.1 Å². The summed E-state index contributed by atoms with van der Waals surface area (Å²) >= 11 is 0. The van der Waals surface area contributed by atoms with Crippen LogP contribution in [0.5, 0.6) is 0 Å². The largest absolute Gasteiger partial charge is 0.461 e. The van der Waals surface area contributed by atoms with Gasteiger partial charge in [-0.3, -0.25) is 14.9 Å². The van der Waals surface area contributed by atoms with E-state index in [2.05, 4.69) is 9.72 Å². The van der Waals surface area contributed by atoms with Gasteiger partial charge in [-0.25, -0.2) is 4.79 Å². The van der Waals surface area contributed by atoms with Gasteiger partial charge in [0.2, 0.25) is 0 Å². The number of rotatable bonds is 3. The summed E-state index contributed by atoms with van der Waals surface area (Å²) in [6.45, 7) is 3.27. The Balaban J connectivity index is 3.26. The average Bonchev–Trinajstić information content (AvgIpc) is 2.20. The Morgan fingerprint density at radius 1 is 1.62 bits per heavy atom. The van der Waals surface area contributed by atoms with Gasteiger partial charge >= 0.3 is 17.2 Å². The minimum Gasteiger partial charge on any atom is -0.461 e. The molecule has 86 valence electrons. The number of aryl methyl sites for hydroxylation is 1. The van der Waals surface area contributed by atoms with Crippen LogP contribution in [0.1, 0.15) is 23.0 Å². The van der Waals surface area contributed by atoms with E-state index in [1.54, 1.807) is 6.92 Å². The van der Waals surface area contributed by atoms with Crippen molar-refractivity contribution in [3.05, 3.63) is 37.8 Å². The summed E-state index contributed by atoms with van der Waals surface area (Å²) in [7, 11) is 0. The number of nitrogens with one attached hydrogen (secondary N) is 1. The van der Waals surface area contributed by atoms with Crippen LogP contribution in [0.2, 0.25) is 0 Å². The summed E-state index contributed by atoms with van der Waals surface area (Å²) in [4.78, 5) is 34.4. The fourth-order valence-corrected chi connectivity index (χ4v) is 1.17. The minimum absolute atomic E-state index is 0.0579. The first-order chi connectivity index (χ1) is 7.47. The van der Waals surface area contributed by atoms with Gasteiger partial charge in [-0.15, -0.1) is 0 Å². The Morgan fingerprint density at radius 3 is 2.75 bits per heavy atom. The van der Waals surface area contributed by atoms with Crippen molar-refractivity contribution in [3.8, 4) is 0 Å². The van der Waals surface area contributed by atoms with Crippen LogP contribution in [0.15, 0.2) is 10.9 Å². The van der Waals surface area contributed by atoms with Gasteiger partial charge in [-0.2, -0.15) is 0 Å². The molecule has 7 nitrogen and oxygen atoms in total. The summed E-state index contributed by atoms with van der Waals surface area (Å²) in [5.41, 5.74) is -1.27. The zero-order valence-corrected chi connectivity index (χ0v) is 8.77. The van der Waals surface area contributed by atoms with Gasteiger partial charge in [-0.05, 0) is 19.4 Å². The number of esters is 1. The molecule has 1 N–H and O–H groups in total.